The van der Waals surface area contributed by atoms with E-state index in [4.69, 9.17) is 10.8 Å². The van der Waals surface area contributed by atoms with Gasteiger partial charge in [0.15, 0.2) is 0 Å². The van der Waals surface area contributed by atoms with E-state index in [9.17, 15) is 9.18 Å². The summed E-state index contributed by atoms with van der Waals surface area (Å²) in [6, 6.07) is 1.64. The van der Waals surface area contributed by atoms with E-state index in [2.05, 4.69) is 6.58 Å². The van der Waals surface area contributed by atoms with Crippen LogP contribution in [0, 0.1) is 19.7 Å². The Labute approximate surface area is 93.4 Å². The molecular formula is C12H14FNO2. The summed E-state index contributed by atoms with van der Waals surface area (Å²) in [5, 5.41) is 8.76. The molecule has 0 aromatic heterocycles. The molecule has 0 aliphatic carbocycles. The number of hydrogen-bond donors (Lipinski definition) is 2. The second-order valence-electron chi connectivity index (χ2n) is 3.71. The van der Waals surface area contributed by atoms with Gasteiger partial charge in [-0.25, -0.2) is 4.39 Å². The summed E-state index contributed by atoms with van der Waals surface area (Å²) in [5.74, 6) is -1.71. The Morgan fingerprint density at radius 1 is 1.50 bits per heavy atom. The molecule has 1 aromatic rings. The van der Waals surface area contributed by atoms with E-state index in [-0.39, 0.29) is 11.1 Å². The number of nitrogens with two attached hydrogens (primary N) is 1. The summed E-state index contributed by atoms with van der Waals surface area (Å²) in [4.78, 5) is 10.7. The first-order valence-electron chi connectivity index (χ1n) is 4.79. The Morgan fingerprint density at radius 2 is 2.06 bits per heavy atom. The topological polar surface area (TPSA) is 63.3 Å². The van der Waals surface area contributed by atoms with Crippen LogP contribution in [0.2, 0.25) is 0 Å². The lowest BCUT2D eigenvalue weighted by Gasteiger charge is -2.15. The molecular weight excluding hydrogens is 209 g/mol. The Kier molecular flexibility index (Phi) is 3.44. The van der Waals surface area contributed by atoms with Crippen LogP contribution < -0.4 is 5.73 Å². The third-order valence-electron chi connectivity index (χ3n) is 2.65. The van der Waals surface area contributed by atoms with Crippen molar-refractivity contribution in [2.45, 2.75) is 19.9 Å². The predicted octanol–water partition coefficient (Wildman–Crippen LogP) is 1.87. The van der Waals surface area contributed by atoms with E-state index >= 15 is 0 Å². The van der Waals surface area contributed by atoms with Crippen LogP contribution in [0.15, 0.2) is 18.7 Å². The minimum absolute atomic E-state index is 0.0891. The number of carbonyl (C=O) groups is 1. The van der Waals surface area contributed by atoms with Crippen LogP contribution in [0.5, 0.6) is 0 Å². The number of benzene rings is 1. The molecule has 0 amide bonds. The number of halogens is 1. The first-order valence-corrected chi connectivity index (χ1v) is 4.79. The molecule has 1 unspecified atom stereocenters. The molecule has 0 heterocycles. The van der Waals surface area contributed by atoms with E-state index < -0.39 is 17.8 Å². The molecule has 1 atom stereocenters. The van der Waals surface area contributed by atoms with E-state index in [1.165, 1.54) is 6.07 Å². The molecule has 3 N–H and O–H groups in total. The van der Waals surface area contributed by atoms with E-state index in [0.717, 1.165) is 5.56 Å². The summed E-state index contributed by atoms with van der Waals surface area (Å²) >= 11 is 0. The molecule has 1 rings (SSSR count). The first-order chi connectivity index (χ1) is 7.36. The number of aliphatic carboxylic acids is 1. The highest BCUT2D eigenvalue weighted by Gasteiger charge is 2.21. The summed E-state index contributed by atoms with van der Waals surface area (Å²) in [6.45, 7) is 7.10. The lowest BCUT2D eigenvalue weighted by Crippen LogP contribution is -2.31. The van der Waals surface area contributed by atoms with Crippen molar-refractivity contribution in [2.75, 3.05) is 0 Å². The summed E-state index contributed by atoms with van der Waals surface area (Å²) < 4.78 is 13.6. The Morgan fingerprint density at radius 3 is 2.56 bits per heavy atom. The van der Waals surface area contributed by atoms with Crippen molar-refractivity contribution in [3.63, 3.8) is 0 Å². The molecule has 86 valence electrons. The van der Waals surface area contributed by atoms with Gasteiger partial charge in [-0.3, -0.25) is 4.79 Å². The molecule has 4 heteroatoms. The van der Waals surface area contributed by atoms with Crippen molar-refractivity contribution < 1.29 is 14.3 Å². The van der Waals surface area contributed by atoms with Gasteiger partial charge in [0.05, 0.1) is 0 Å². The van der Waals surface area contributed by atoms with Crippen LogP contribution >= 0.6 is 0 Å². The second-order valence-corrected chi connectivity index (χ2v) is 3.71. The van der Waals surface area contributed by atoms with Crippen molar-refractivity contribution in [1.82, 2.24) is 0 Å². The zero-order valence-electron chi connectivity index (χ0n) is 9.25. The molecule has 0 radical (unpaired) electrons. The van der Waals surface area contributed by atoms with Gasteiger partial charge in [0, 0.05) is 5.56 Å². The van der Waals surface area contributed by atoms with Gasteiger partial charge >= 0.3 is 5.97 Å². The normalized spacial score (nSPS) is 12.2. The van der Waals surface area contributed by atoms with Gasteiger partial charge in [-0.2, -0.15) is 0 Å². The van der Waals surface area contributed by atoms with Crippen LogP contribution in [0.3, 0.4) is 0 Å². The van der Waals surface area contributed by atoms with Crippen molar-refractivity contribution in [3.8, 4) is 0 Å². The van der Waals surface area contributed by atoms with Crippen LogP contribution in [0.1, 0.15) is 16.7 Å². The van der Waals surface area contributed by atoms with E-state index in [0.29, 0.717) is 5.56 Å². The monoisotopic (exact) mass is 223 g/mol. The number of carboxylic acids is 1. The molecule has 16 heavy (non-hydrogen) atoms. The van der Waals surface area contributed by atoms with Crippen LogP contribution in [0.4, 0.5) is 4.39 Å². The van der Waals surface area contributed by atoms with Crippen molar-refractivity contribution in [1.29, 1.82) is 0 Å². The van der Waals surface area contributed by atoms with Gasteiger partial charge in [0.25, 0.3) is 0 Å². The van der Waals surface area contributed by atoms with Crippen LogP contribution in [0.25, 0.3) is 5.57 Å². The minimum Gasteiger partial charge on any atom is -0.480 e. The van der Waals surface area contributed by atoms with Crippen molar-refractivity contribution in [2.24, 2.45) is 5.73 Å². The minimum atomic E-state index is -1.28. The Hall–Kier alpha value is -1.68. The number of hydrogen-bond acceptors (Lipinski definition) is 2. The van der Waals surface area contributed by atoms with Gasteiger partial charge in [-0.15, -0.1) is 0 Å². The maximum Gasteiger partial charge on any atom is 0.325 e. The maximum atomic E-state index is 13.6. The highest BCUT2D eigenvalue weighted by molar-refractivity contribution is 5.91. The fourth-order valence-corrected chi connectivity index (χ4v) is 1.48. The smallest absolute Gasteiger partial charge is 0.325 e. The average Bonchev–Trinajstić information content (AvgIpc) is 2.22. The largest absolute Gasteiger partial charge is 0.480 e. The third kappa shape index (κ3) is 2.12. The van der Waals surface area contributed by atoms with Gasteiger partial charge in [0.1, 0.15) is 11.9 Å². The van der Waals surface area contributed by atoms with Crippen molar-refractivity contribution in [3.05, 3.63) is 41.2 Å². The molecule has 0 saturated carbocycles. The molecule has 0 fully saturated rings. The molecule has 0 spiro atoms. The molecule has 1 aromatic carbocycles. The molecule has 0 bridgehead atoms. The lowest BCUT2D eigenvalue weighted by atomic mass is 9.93. The zero-order chi connectivity index (χ0) is 12.5. The Balaban J connectivity index is 3.28. The van der Waals surface area contributed by atoms with Crippen molar-refractivity contribution >= 4 is 11.5 Å². The van der Waals surface area contributed by atoms with Crippen LogP contribution in [-0.4, -0.2) is 17.1 Å². The molecule has 3 nitrogen and oxygen atoms in total. The van der Waals surface area contributed by atoms with Gasteiger partial charge in [-0.1, -0.05) is 12.6 Å². The highest BCUT2D eigenvalue weighted by Crippen LogP contribution is 2.25. The summed E-state index contributed by atoms with van der Waals surface area (Å²) in [5.41, 5.74) is 7.25. The second kappa shape index (κ2) is 4.45. The number of rotatable bonds is 3. The predicted molar refractivity (Wildman–Crippen MR) is 60.5 cm³/mol. The summed E-state index contributed by atoms with van der Waals surface area (Å²) in [6.07, 6.45) is 0. The zero-order valence-corrected chi connectivity index (χ0v) is 9.25. The molecule has 0 aliphatic rings. The van der Waals surface area contributed by atoms with Gasteiger partial charge in [0.2, 0.25) is 0 Å². The molecule has 0 aliphatic heterocycles. The third-order valence-corrected chi connectivity index (χ3v) is 2.65. The number of carboxylic acid groups (broad SMARTS) is 1. The molecule has 0 saturated heterocycles. The highest BCUT2D eigenvalue weighted by atomic mass is 19.1. The lowest BCUT2D eigenvalue weighted by molar-refractivity contribution is -0.137. The Bertz CT molecular complexity index is 455. The SMILES string of the molecule is C=C(c1c(F)ccc(C)c1C)C(N)C(=O)O. The average molecular weight is 223 g/mol. The fraction of sp³-hybridized carbons (Fsp3) is 0.250. The van der Waals surface area contributed by atoms with Gasteiger partial charge in [-0.05, 0) is 36.6 Å². The van der Waals surface area contributed by atoms with E-state index in [1.807, 2.05) is 6.92 Å². The first kappa shape index (κ1) is 12.4. The maximum absolute atomic E-state index is 13.6. The summed E-state index contributed by atoms with van der Waals surface area (Å²) in [7, 11) is 0. The quantitative estimate of drug-likeness (QED) is 0.822. The fourth-order valence-electron chi connectivity index (χ4n) is 1.48. The standard InChI is InChI=1S/C12H14FNO2/c1-6-4-5-9(13)10(7(6)2)8(3)11(14)12(15)16/h4-5,11H,3,14H2,1-2H3,(H,15,16). The van der Waals surface area contributed by atoms with Crippen LogP contribution in [-0.2, 0) is 4.79 Å². The van der Waals surface area contributed by atoms with Gasteiger partial charge < -0.3 is 10.8 Å². The number of aryl methyl sites for hydroxylation is 1. The van der Waals surface area contributed by atoms with E-state index in [1.54, 1.807) is 13.0 Å².